The first-order chi connectivity index (χ1) is 10.3. The van der Waals surface area contributed by atoms with Crippen molar-refractivity contribution in [3.63, 3.8) is 0 Å². The Balaban J connectivity index is 1.97. The van der Waals surface area contributed by atoms with Crippen molar-refractivity contribution in [3.8, 4) is 22.5 Å². The molecule has 4 rings (SSSR count). The van der Waals surface area contributed by atoms with Crippen LogP contribution in [0.3, 0.4) is 0 Å². The molecule has 0 atom stereocenters. The third-order valence-corrected chi connectivity index (χ3v) is 4.54. The topological polar surface area (TPSA) is 56.7 Å². The molecular weight excluding hydrogens is 280 g/mol. The zero-order valence-corrected chi connectivity index (χ0v) is 12.2. The van der Waals surface area contributed by atoms with Gasteiger partial charge in [0.25, 0.3) is 0 Å². The van der Waals surface area contributed by atoms with Crippen LogP contribution in [0.25, 0.3) is 22.5 Å². The number of nitrogen functional groups attached to an aromatic ring is 1. The second-order valence-electron chi connectivity index (χ2n) is 4.93. The molecule has 0 aliphatic carbocycles. The molecule has 0 bridgehead atoms. The fourth-order valence-electron chi connectivity index (χ4n) is 2.66. The number of imidazole rings is 1. The van der Waals surface area contributed by atoms with Crippen LogP contribution in [0.1, 0.15) is 0 Å². The number of pyridine rings is 1. The van der Waals surface area contributed by atoms with Gasteiger partial charge in [0.1, 0.15) is 5.82 Å². The molecule has 0 spiro atoms. The fraction of sp³-hybridized carbons (Fsp3) is 0.125. The van der Waals surface area contributed by atoms with E-state index in [4.69, 9.17) is 10.7 Å². The highest BCUT2D eigenvalue weighted by atomic mass is 32.2. The standard InChI is InChI=1S/C16H14N4S/c17-13-10-12(6-7-18-13)15-14(11-4-2-1-3-5-11)19-16-20(15)8-9-21-16/h1-7,10H,8-9H2,(H2,17,18). The molecule has 1 aliphatic rings. The quantitative estimate of drug-likeness (QED) is 0.788. The zero-order valence-electron chi connectivity index (χ0n) is 11.4. The summed E-state index contributed by atoms with van der Waals surface area (Å²) in [6.07, 6.45) is 1.75. The van der Waals surface area contributed by atoms with E-state index in [1.165, 1.54) is 0 Å². The molecule has 4 nitrogen and oxygen atoms in total. The molecule has 0 fully saturated rings. The predicted molar refractivity (Wildman–Crippen MR) is 86.0 cm³/mol. The van der Waals surface area contributed by atoms with Crippen molar-refractivity contribution < 1.29 is 0 Å². The SMILES string of the molecule is Nc1cc(-c2c(-c3ccccc3)nc3n2CCS3)ccn1. The molecule has 0 saturated heterocycles. The average Bonchev–Trinajstić information content (AvgIpc) is 3.08. The number of nitrogens with zero attached hydrogens (tertiary/aromatic N) is 3. The van der Waals surface area contributed by atoms with Gasteiger partial charge in [-0.05, 0) is 12.1 Å². The lowest BCUT2D eigenvalue weighted by atomic mass is 10.1. The summed E-state index contributed by atoms with van der Waals surface area (Å²) in [5.41, 5.74) is 10.2. The summed E-state index contributed by atoms with van der Waals surface area (Å²) in [7, 11) is 0. The largest absolute Gasteiger partial charge is 0.384 e. The van der Waals surface area contributed by atoms with Crippen molar-refractivity contribution in [3.05, 3.63) is 48.7 Å². The molecule has 21 heavy (non-hydrogen) atoms. The van der Waals surface area contributed by atoms with E-state index in [1.807, 2.05) is 30.3 Å². The van der Waals surface area contributed by atoms with Gasteiger partial charge >= 0.3 is 0 Å². The van der Waals surface area contributed by atoms with Crippen LogP contribution in [0.4, 0.5) is 5.82 Å². The van der Waals surface area contributed by atoms with Crippen molar-refractivity contribution in [1.29, 1.82) is 0 Å². The fourth-order valence-corrected chi connectivity index (χ4v) is 3.61. The monoisotopic (exact) mass is 294 g/mol. The van der Waals surface area contributed by atoms with Crippen LogP contribution in [0.15, 0.2) is 53.8 Å². The van der Waals surface area contributed by atoms with Crippen LogP contribution >= 0.6 is 11.8 Å². The highest BCUT2D eigenvalue weighted by Crippen LogP contribution is 2.38. The number of hydrogen-bond donors (Lipinski definition) is 1. The van der Waals surface area contributed by atoms with Gasteiger partial charge in [0.05, 0.1) is 11.4 Å². The van der Waals surface area contributed by atoms with Crippen molar-refractivity contribution in [2.75, 3.05) is 11.5 Å². The molecule has 5 heteroatoms. The molecule has 0 unspecified atom stereocenters. The first-order valence-electron chi connectivity index (χ1n) is 6.83. The van der Waals surface area contributed by atoms with Gasteiger partial charge in [-0.25, -0.2) is 9.97 Å². The normalized spacial score (nSPS) is 13.3. The van der Waals surface area contributed by atoms with E-state index in [2.05, 4.69) is 21.7 Å². The Hall–Kier alpha value is -2.27. The molecule has 0 amide bonds. The second kappa shape index (κ2) is 4.93. The lowest BCUT2D eigenvalue weighted by molar-refractivity contribution is 0.726. The molecular formula is C16H14N4S. The van der Waals surface area contributed by atoms with Gasteiger partial charge in [-0.2, -0.15) is 0 Å². The molecule has 104 valence electrons. The molecule has 3 heterocycles. The van der Waals surface area contributed by atoms with Crippen molar-refractivity contribution in [2.45, 2.75) is 11.7 Å². The molecule has 3 aromatic rings. The van der Waals surface area contributed by atoms with E-state index in [9.17, 15) is 0 Å². The van der Waals surface area contributed by atoms with Gasteiger partial charge in [0, 0.05) is 29.6 Å². The van der Waals surface area contributed by atoms with Crippen LogP contribution in [-0.2, 0) is 6.54 Å². The number of thioether (sulfide) groups is 1. The Bertz CT molecular complexity index is 795. The molecule has 2 aromatic heterocycles. The van der Waals surface area contributed by atoms with Crippen LogP contribution in [0.2, 0.25) is 0 Å². The van der Waals surface area contributed by atoms with E-state index in [-0.39, 0.29) is 0 Å². The lowest BCUT2D eigenvalue weighted by Crippen LogP contribution is -1.99. The van der Waals surface area contributed by atoms with Crippen molar-refractivity contribution in [1.82, 2.24) is 14.5 Å². The zero-order chi connectivity index (χ0) is 14.2. The number of hydrogen-bond acceptors (Lipinski definition) is 4. The predicted octanol–water partition coefficient (Wildman–Crippen LogP) is 3.30. The number of nitrogens with two attached hydrogens (primary N) is 1. The molecule has 0 radical (unpaired) electrons. The summed E-state index contributed by atoms with van der Waals surface area (Å²) >= 11 is 1.80. The minimum Gasteiger partial charge on any atom is -0.384 e. The summed E-state index contributed by atoms with van der Waals surface area (Å²) in [5, 5.41) is 1.08. The molecule has 1 aromatic carbocycles. The first-order valence-corrected chi connectivity index (χ1v) is 7.82. The Morgan fingerprint density at radius 2 is 1.95 bits per heavy atom. The van der Waals surface area contributed by atoms with Gasteiger partial charge in [-0.1, -0.05) is 42.1 Å². The molecule has 2 N–H and O–H groups in total. The van der Waals surface area contributed by atoms with Crippen LogP contribution in [0, 0.1) is 0 Å². The smallest absolute Gasteiger partial charge is 0.169 e. The summed E-state index contributed by atoms with van der Waals surface area (Å²) in [4.78, 5) is 8.92. The maximum Gasteiger partial charge on any atom is 0.169 e. The number of aromatic nitrogens is 3. The summed E-state index contributed by atoms with van der Waals surface area (Å²) in [6, 6.07) is 14.2. The Morgan fingerprint density at radius 1 is 1.10 bits per heavy atom. The Kier molecular flexibility index (Phi) is 2.93. The summed E-state index contributed by atoms with van der Waals surface area (Å²) < 4.78 is 2.28. The first kappa shape index (κ1) is 12.5. The average molecular weight is 294 g/mol. The molecule has 0 saturated carbocycles. The summed E-state index contributed by atoms with van der Waals surface area (Å²) in [6.45, 7) is 0.984. The van der Waals surface area contributed by atoms with Crippen LogP contribution < -0.4 is 5.73 Å². The van der Waals surface area contributed by atoms with E-state index < -0.39 is 0 Å². The molecule has 1 aliphatic heterocycles. The van der Waals surface area contributed by atoms with Crippen molar-refractivity contribution >= 4 is 17.6 Å². The minimum atomic E-state index is 0.535. The van der Waals surface area contributed by atoms with E-state index in [0.29, 0.717) is 5.82 Å². The van der Waals surface area contributed by atoms with Gasteiger partial charge in [-0.15, -0.1) is 0 Å². The Morgan fingerprint density at radius 3 is 2.76 bits per heavy atom. The second-order valence-corrected chi connectivity index (χ2v) is 5.99. The van der Waals surface area contributed by atoms with E-state index in [1.54, 1.807) is 18.0 Å². The Labute approximate surface area is 127 Å². The van der Waals surface area contributed by atoms with Gasteiger partial charge < -0.3 is 10.3 Å². The van der Waals surface area contributed by atoms with Crippen LogP contribution in [0.5, 0.6) is 0 Å². The van der Waals surface area contributed by atoms with Crippen molar-refractivity contribution in [2.24, 2.45) is 0 Å². The van der Waals surface area contributed by atoms with Gasteiger partial charge in [0.15, 0.2) is 5.16 Å². The maximum atomic E-state index is 5.85. The number of anilines is 1. The summed E-state index contributed by atoms with van der Waals surface area (Å²) in [5.74, 6) is 1.61. The maximum absolute atomic E-state index is 5.85. The highest BCUT2D eigenvalue weighted by molar-refractivity contribution is 7.99. The number of fused-ring (bicyclic) bond motifs is 1. The van der Waals surface area contributed by atoms with Gasteiger partial charge in [0.2, 0.25) is 0 Å². The third-order valence-electron chi connectivity index (χ3n) is 3.58. The minimum absolute atomic E-state index is 0.535. The van der Waals surface area contributed by atoms with Crippen LogP contribution in [-0.4, -0.2) is 20.3 Å². The lowest BCUT2D eigenvalue weighted by Gasteiger charge is -2.08. The number of benzene rings is 1. The van der Waals surface area contributed by atoms with E-state index >= 15 is 0 Å². The number of rotatable bonds is 2. The van der Waals surface area contributed by atoms with E-state index in [0.717, 1.165) is 40.0 Å². The van der Waals surface area contributed by atoms with Gasteiger partial charge in [-0.3, -0.25) is 0 Å². The highest BCUT2D eigenvalue weighted by Gasteiger charge is 2.23. The third kappa shape index (κ3) is 2.10.